The molecule has 0 aromatic heterocycles. The van der Waals surface area contributed by atoms with Gasteiger partial charge in [-0.05, 0) is 37.1 Å². The van der Waals surface area contributed by atoms with E-state index in [1.165, 1.54) is 12.4 Å². The number of carbonyl (C=O) groups is 2. The lowest BCUT2D eigenvalue weighted by atomic mass is 10.2. The molecule has 0 radical (unpaired) electrons. The van der Waals surface area contributed by atoms with E-state index >= 15 is 0 Å². The van der Waals surface area contributed by atoms with Crippen LogP contribution in [0.3, 0.4) is 0 Å². The number of hydrogen-bond donors (Lipinski definition) is 2. The third kappa shape index (κ3) is 7.95. The molecule has 2 N–H and O–H groups in total. The number of rotatable bonds is 9. The Bertz CT molecular complexity index is 846. The van der Waals surface area contributed by atoms with Crippen LogP contribution in [0.5, 0.6) is 0 Å². The summed E-state index contributed by atoms with van der Waals surface area (Å²) in [5, 5.41) is 9.44. The van der Waals surface area contributed by atoms with Crippen molar-refractivity contribution < 1.29 is 9.59 Å². The van der Waals surface area contributed by atoms with Gasteiger partial charge in [0.1, 0.15) is 0 Å². The molecule has 6 nitrogen and oxygen atoms in total. The first-order valence-electron chi connectivity index (χ1n) is 8.90. The fraction of sp³-hybridized carbons (Fsp3) is 0.200. The van der Waals surface area contributed by atoms with Gasteiger partial charge in [0.05, 0.1) is 32.5 Å². The summed E-state index contributed by atoms with van der Waals surface area (Å²) in [5.74, 6) is -0.553. The standard InChI is InChI=1S/C20H18Cl4N4O2/c21-15-5-3-6-16(22)13(15)11-25-27-19(29)9-1-2-10-20(30)28-26-12-14-17(23)7-4-8-18(14)24/h3-8,11-12H,1-2,9-10H2,(H,27,29)(H,28,30). The van der Waals surface area contributed by atoms with Gasteiger partial charge in [0, 0.05) is 24.0 Å². The normalized spacial score (nSPS) is 11.2. The number of unbranched alkanes of at least 4 members (excludes halogenated alkanes) is 1. The van der Waals surface area contributed by atoms with E-state index in [9.17, 15) is 9.59 Å². The molecule has 2 aromatic rings. The van der Waals surface area contributed by atoms with Gasteiger partial charge in [0.2, 0.25) is 11.8 Å². The van der Waals surface area contributed by atoms with Crippen LogP contribution in [0.4, 0.5) is 0 Å². The van der Waals surface area contributed by atoms with E-state index in [0.717, 1.165) is 0 Å². The molecule has 0 saturated carbocycles. The van der Waals surface area contributed by atoms with Crippen molar-refractivity contribution in [2.24, 2.45) is 10.2 Å². The smallest absolute Gasteiger partial charge is 0.240 e. The molecule has 0 bridgehead atoms. The van der Waals surface area contributed by atoms with Crippen molar-refractivity contribution in [3.8, 4) is 0 Å². The zero-order valence-electron chi connectivity index (χ0n) is 15.7. The molecule has 2 rings (SSSR count). The second-order valence-electron chi connectivity index (χ2n) is 6.06. The summed E-state index contributed by atoms with van der Waals surface area (Å²) in [6.45, 7) is 0. The van der Waals surface area contributed by atoms with Crippen molar-refractivity contribution in [1.82, 2.24) is 10.9 Å². The van der Waals surface area contributed by atoms with Crippen molar-refractivity contribution in [1.29, 1.82) is 0 Å². The number of halogens is 4. The van der Waals surface area contributed by atoms with Crippen LogP contribution in [-0.4, -0.2) is 24.2 Å². The molecule has 0 spiro atoms. The molecule has 0 heterocycles. The van der Waals surface area contributed by atoms with E-state index in [2.05, 4.69) is 21.1 Å². The Morgan fingerprint density at radius 1 is 0.700 bits per heavy atom. The summed E-state index contributed by atoms with van der Waals surface area (Å²) < 4.78 is 0. The molecular formula is C20H18Cl4N4O2. The van der Waals surface area contributed by atoms with Crippen LogP contribution >= 0.6 is 46.4 Å². The van der Waals surface area contributed by atoms with Crippen molar-refractivity contribution in [2.45, 2.75) is 25.7 Å². The summed E-state index contributed by atoms with van der Waals surface area (Å²) in [5.41, 5.74) is 5.85. The predicted molar refractivity (Wildman–Crippen MR) is 123 cm³/mol. The maximum absolute atomic E-state index is 11.8. The SMILES string of the molecule is O=C(CCCCC(=O)NN=Cc1c(Cl)cccc1Cl)NN=Cc1c(Cl)cccc1Cl. The Balaban J connectivity index is 1.66. The minimum atomic E-state index is -0.277. The van der Waals surface area contributed by atoms with Gasteiger partial charge in [-0.3, -0.25) is 9.59 Å². The summed E-state index contributed by atoms with van der Waals surface area (Å²) >= 11 is 24.1. The highest BCUT2D eigenvalue weighted by Crippen LogP contribution is 2.22. The average molecular weight is 488 g/mol. The molecule has 2 amide bonds. The lowest BCUT2D eigenvalue weighted by Gasteiger charge is -2.03. The van der Waals surface area contributed by atoms with Gasteiger partial charge < -0.3 is 0 Å². The summed E-state index contributed by atoms with van der Waals surface area (Å²) in [6, 6.07) is 10.1. The topological polar surface area (TPSA) is 82.9 Å². The molecule has 0 fully saturated rings. The number of amides is 2. The van der Waals surface area contributed by atoms with E-state index in [1.54, 1.807) is 36.4 Å². The lowest BCUT2D eigenvalue weighted by molar-refractivity contribution is -0.123. The molecule has 0 atom stereocenters. The van der Waals surface area contributed by atoms with Gasteiger partial charge in [-0.1, -0.05) is 58.5 Å². The van der Waals surface area contributed by atoms with E-state index < -0.39 is 0 Å². The van der Waals surface area contributed by atoms with Gasteiger partial charge >= 0.3 is 0 Å². The van der Waals surface area contributed by atoms with Gasteiger partial charge in [0.25, 0.3) is 0 Å². The number of benzene rings is 2. The Morgan fingerprint density at radius 2 is 1.03 bits per heavy atom. The van der Waals surface area contributed by atoms with Crippen molar-refractivity contribution in [2.75, 3.05) is 0 Å². The Kier molecular flexibility index (Phi) is 10.1. The number of carbonyl (C=O) groups excluding carboxylic acids is 2. The minimum Gasteiger partial charge on any atom is -0.273 e. The largest absolute Gasteiger partial charge is 0.273 e. The lowest BCUT2D eigenvalue weighted by Crippen LogP contribution is -2.19. The molecule has 0 unspecified atom stereocenters. The Morgan fingerprint density at radius 3 is 1.37 bits per heavy atom. The molecule has 2 aromatic carbocycles. The van der Waals surface area contributed by atoms with Crippen LogP contribution in [0, 0.1) is 0 Å². The molecule has 0 saturated heterocycles. The number of hydrogen-bond acceptors (Lipinski definition) is 4. The molecule has 0 aliphatic carbocycles. The van der Waals surface area contributed by atoms with Crippen molar-refractivity contribution in [3.05, 3.63) is 67.6 Å². The highest BCUT2D eigenvalue weighted by Gasteiger charge is 2.05. The average Bonchev–Trinajstić information content (AvgIpc) is 2.70. The first kappa shape index (κ1) is 24.2. The first-order valence-corrected chi connectivity index (χ1v) is 10.4. The third-order valence-corrected chi connectivity index (χ3v) is 5.14. The number of nitrogens with one attached hydrogen (secondary N) is 2. The fourth-order valence-electron chi connectivity index (χ4n) is 2.29. The monoisotopic (exact) mass is 486 g/mol. The Labute approximate surface area is 194 Å². The molecule has 10 heteroatoms. The molecule has 0 aliphatic heterocycles. The molecule has 30 heavy (non-hydrogen) atoms. The predicted octanol–water partition coefficient (Wildman–Crippen LogP) is 5.46. The zero-order valence-corrected chi connectivity index (χ0v) is 18.7. The second-order valence-corrected chi connectivity index (χ2v) is 7.69. The minimum absolute atomic E-state index is 0.222. The van der Waals surface area contributed by atoms with Crippen molar-refractivity contribution in [3.63, 3.8) is 0 Å². The van der Waals surface area contributed by atoms with E-state index in [0.29, 0.717) is 44.1 Å². The maximum atomic E-state index is 11.8. The van der Waals surface area contributed by atoms with Crippen LogP contribution in [0.2, 0.25) is 20.1 Å². The molecule has 158 valence electrons. The van der Waals surface area contributed by atoms with Crippen molar-refractivity contribution >= 4 is 70.6 Å². The summed E-state index contributed by atoms with van der Waals surface area (Å²) in [7, 11) is 0. The van der Waals surface area contributed by atoms with E-state index in [4.69, 9.17) is 46.4 Å². The van der Waals surface area contributed by atoms with Gasteiger partial charge in [-0.25, -0.2) is 10.9 Å². The fourth-order valence-corrected chi connectivity index (χ4v) is 3.28. The van der Waals surface area contributed by atoms with Crippen LogP contribution in [0.1, 0.15) is 36.8 Å². The summed E-state index contributed by atoms with van der Waals surface area (Å²) in [4.78, 5) is 23.6. The van der Waals surface area contributed by atoms with Crippen LogP contribution < -0.4 is 10.9 Å². The van der Waals surface area contributed by atoms with E-state index in [1.807, 2.05) is 0 Å². The summed E-state index contributed by atoms with van der Waals surface area (Å²) in [6.07, 6.45) is 4.25. The van der Waals surface area contributed by atoms with E-state index in [-0.39, 0.29) is 24.7 Å². The molecule has 0 aliphatic rings. The van der Waals surface area contributed by atoms with Crippen LogP contribution in [0.15, 0.2) is 46.6 Å². The highest BCUT2D eigenvalue weighted by molar-refractivity contribution is 6.39. The maximum Gasteiger partial charge on any atom is 0.240 e. The second kappa shape index (κ2) is 12.5. The van der Waals surface area contributed by atoms with Gasteiger partial charge in [-0.15, -0.1) is 0 Å². The third-order valence-electron chi connectivity index (χ3n) is 3.82. The Hall–Kier alpha value is -2.12. The molecular weight excluding hydrogens is 470 g/mol. The number of hydrazone groups is 2. The highest BCUT2D eigenvalue weighted by atomic mass is 35.5. The van der Waals surface area contributed by atoms with Gasteiger partial charge in [-0.2, -0.15) is 10.2 Å². The number of nitrogens with zero attached hydrogens (tertiary/aromatic N) is 2. The van der Waals surface area contributed by atoms with Crippen LogP contribution in [-0.2, 0) is 9.59 Å². The zero-order chi connectivity index (χ0) is 21.9. The first-order chi connectivity index (χ1) is 14.4. The quantitative estimate of drug-likeness (QED) is 0.279. The van der Waals surface area contributed by atoms with Crippen LogP contribution in [0.25, 0.3) is 0 Å². The van der Waals surface area contributed by atoms with Gasteiger partial charge in [0.15, 0.2) is 0 Å².